The Labute approximate surface area is 108 Å². The molecule has 1 aliphatic rings. The van der Waals surface area contributed by atoms with Crippen LogP contribution in [0.5, 0.6) is 0 Å². The zero-order valence-corrected chi connectivity index (χ0v) is 10.7. The second-order valence-corrected chi connectivity index (χ2v) is 5.02. The topological polar surface area (TPSA) is 46.5 Å². The minimum atomic E-state index is -0.228. The van der Waals surface area contributed by atoms with E-state index in [2.05, 4.69) is 12.1 Å². The standard InChI is InChI=1S/C15H20O3/c1-11(17)18-10-14-8-7-13(9-16)15(14)12-5-3-2-4-6-12/h2-6,13-16H,7-10H2,1H3/t13-,14+,15-/m1/s1. The number of aliphatic hydroxyl groups is 1. The van der Waals surface area contributed by atoms with Gasteiger partial charge in [-0.3, -0.25) is 4.79 Å². The van der Waals surface area contributed by atoms with Gasteiger partial charge in [-0.1, -0.05) is 30.3 Å². The van der Waals surface area contributed by atoms with Crippen molar-refractivity contribution < 1.29 is 14.6 Å². The molecule has 1 aromatic carbocycles. The first-order valence-electron chi connectivity index (χ1n) is 6.51. The molecular formula is C15H20O3. The van der Waals surface area contributed by atoms with Crippen molar-refractivity contribution >= 4 is 5.97 Å². The maximum absolute atomic E-state index is 10.9. The molecule has 3 heteroatoms. The predicted molar refractivity (Wildman–Crippen MR) is 69.1 cm³/mol. The van der Waals surface area contributed by atoms with Crippen LogP contribution in [0.25, 0.3) is 0 Å². The van der Waals surface area contributed by atoms with E-state index >= 15 is 0 Å². The number of hydrogen-bond acceptors (Lipinski definition) is 3. The van der Waals surface area contributed by atoms with Gasteiger partial charge in [0.2, 0.25) is 0 Å². The maximum atomic E-state index is 10.9. The van der Waals surface area contributed by atoms with Crippen molar-refractivity contribution in [1.29, 1.82) is 0 Å². The van der Waals surface area contributed by atoms with Crippen LogP contribution in [0.2, 0.25) is 0 Å². The molecule has 1 saturated carbocycles. The molecule has 18 heavy (non-hydrogen) atoms. The summed E-state index contributed by atoms with van der Waals surface area (Å²) in [4.78, 5) is 10.9. The van der Waals surface area contributed by atoms with Crippen molar-refractivity contribution in [1.82, 2.24) is 0 Å². The van der Waals surface area contributed by atoms with E-state index < -0.39 is 0 Å². The fourth-order valence-corrected chi connectivity index (χ4v) is 3.01. The van der Waals surface area contributed by atoms with Gasteiger partial charge in [0.1, 0.15) is 0 Å². The van der Waals surface area contributed by atoms with Crippen molar-refractivity contribution in [2.45, 2.75) is 25.7 Å². The molecule has 98 valence electrons. The van der Waals surface area contributed by atoms with E-state index in [9.17, 15) is 9.90 Å². The average Bonchev–Trinajstić information content (AvgIpc) is 2.80. The maximum Gasteiger partial charge on any atom is 0.302 e. The fourth-order valence-electron chi connectivity index (χ4n) is 3.01. The summed E-state index contributed by atoms with van der Waals surface area (Å²) in [6, 6.07) is 10.2. The Hall–Kier alpha value is -1.35. The monoisotopic (exact) mass is 248 g/mol. The molecule has 0 amide bonds. The molecule has 0 unspecified atom stereocenters. The van der Waals surface area contributed by atoms with Crippen LogP contribution in [-0.4, -0.2) is 24.3 Å². The van der Waals surface area contributed by atoms with Gasteiger partial charge in [-0.15, -0.1) is 0 Å². The van der Waals surface area contributed by atoms with E-state index in [-0.39, 0.29) is 18.5 Å². The molecule has 0 aliphatic heterocycles. The van der Waals surface area contributed by atoms with Crippen molar-refractivity contribution in [2.24, 2.45) is 11.8 Å². The van der Waals surface area contributed by atoms with Crippen LogP contribution in [0.15, 0.2) is 30.3 Å². The van der Waals surface area contributed by atoms with Gasteiger partial charge in [0.05, 0.1) is 6.61 Å². The molecule has 2 rings (SSSR count). The fraction of sp³-hybridized carbons (Fsp3) is 0.533. The highest BCUT2D eigenvalue weighted by Gasteiger charge is 2.37. The molecule has 1 aromatic rings. The summed E-state index contributed by atoms with van der Waals surface area (Å²) in [5, 5.41) is 9.49. The number of hydrogen-bond donors (Lipinski definition) is 1. The van der Waals surface area contributed by atoms with Gasteiger partial charge in [-0.2, -0.15) is 0 Å². The van der Waals surface area contributed by atoms with Crippen molar-refractivity contribution in [3.05, 3.63) is 35.9 Å². The molecule has 0 aromatic heterocycles. The Morgan fingerprint density at radius 2 is 1.94 bits per heavy atom. The highest BCUT2D eigenvalue weighted by Crippen LogP contribution is 2.44. The third kappa shape index (κ3) is 2.91. The Bertz CT molecular complexity index is 388. The Kier molecular flexibility index (Phi) is 4.37. The Balaban J connectivity index is 2.12. The zero-order valence-electron chi connectivity index (χ0n) is 10.7. The molecule has 1 N–H and O–H groups in total. The minimum Gasteiger partial charge on any atom is -0.466 e. The predicted octanol–water partition coefficient (Wildman–Crippen LogP) is 2.35. The first kappa shape index (κ1) is 13.1. The van der Waals surface area contributed by atoms with E-state index in [1.165, 1.54) is 12.5 Å². The number of ether oxygens (including phenoxy) is 1. The normalized spacial score (nSPS) is 27.1. The molecule has 0 saturated heterocycles. The highest BCUT2D eigenvalue weighted by atomic mass is 16.5. The highest BCUT2D eigenvalue weighted by molar-refractivity contribution is 5.65. The van der Waals surface area contributed by atoms with Gasteiger partial charge in [0.15, 0.2) is 0 Å². The van der Waals surface area contributed by atoms with Crippen LogP contribution in [-0.2, 0) is 9.53 Å². The number of benzene rings is 1. The minimum absolute atomic E-state index is 0.204. The molecule has 0 spiro atoms. The van der Waals surface area contributed by atoms with Crippen LogP contribution in [0.3, 0.4) is 0 Å². The number of esters is 1. The van der Waals surface area contributed by atoms with Crippen molar-refractivity contribution in [2.75, 3.05) is 13.2 Å². The summed E-state index contributed by atoms with van der Waals surface area (Å²) in [6.07, 6.45) is 2.01. The molecule has 3 atom stereocenters. The third-order valence-electron chi connectivity index (χ3n) is 3.84. The zero-order chi connectivity index (χ0) is 13.0. The van der Waals surface area contributed by atoms with Crippen molar-refractivity contribution in [3.63, 3.8) is 0 Å². The van der Waals surface area contributed by atoms with Crippen LogP contribution in [0.1, 0.15) is 31.2 Å². The number of rotatable bonds is 4. The van der Waals surface area contributed by atoms with Gasteiger partial charge < -0.3 is 9.84 Å². The van der Waals surface area contributed by atoms with Gasteiger partial charge in [-0.25, -0.2) is 0 Å². The van der Waals surface area contributed by atoms with Gasteiger partial charge >= 0.3 is 5.97 Å². The first-order valence-corrected chi connectivity index (χ1v) is 6.51. The van der Waals surface area contributed by atoms with E-state index in [1.807, 2.05) is 18.2 Å². The van der Waals surface area contributed by atoms with E-state index in [1.54, 1.807) is 0 Å². The third-order valence-corrected chi connectivity index (χ3v) is 3.84. The summed E-state index contributed by atoms with van der Waals surface area (Å²) in [7, 11) is 0. The van der Waals surface area contributed by atoms with Crippen LogP contribution in [0, 0.1) is 11.8 Å². The SMILES string of the molecule is CC(=O)OC[C@@H]1CC[C@H](CO)[C@H]1c1ccccc1. The first-order chi connectivity index (χ1) is 8.72. The Morgan fingerprint density at radius 3 is 2.56 bits per heavy atom. The quantitative estimate of drug-likeness (QED) is 0.832. The van der Waals surface area contributed by atoms with Crippen LogP contribution in [0.4, 0.5) is 0 Å². The largest absolute Gasteiger partial charge is 0.466 e. The van der Waals surface area contributed by atoms with Gasteiger partial charge in [0.25, 0.3) is 0 Å². The van der Waals surface area contributed by atoms with Crippen LogP contribution < -0.4 is 0 Å². The molecule has 0 bridgehead atoms. The molecule has 0 radical (unpaired) electrons. The number of carbonyl (C=O) groups is 1. The summed E-state index contributed by atoms with van der Waals surface area (Å²) < 4.78 is 5.15. The lowest BCUT2D eigenvalue weighted by molar-refractivity contribution is -0.142. The molecule has 1 fully saturated rings. The van der Waals surface area contributed by atoms with E-state index in [4.69, 9.17) is 4.74 Å². The second kappa shape index (κ2) is 6.01. The number of aliphatic hydroxyl groups excluding tert-OH is 1. The summed E-state index contributed by atoms with van der Waals surface area (Å²) in [6.45, 7) is 2.11. The summed E-state index contributed by atoms with van der Waals surface area (Å²) >= 11 is 0. The number of carbonyl (C=O) groups excluding carboxylic acids is 1. The molecule has 0 heterocycles. The smallest absolute Gasteiger partial charge is 0.302 e. The Morgan fingerprint density at radius 1 is 1.28 bits per heavy atom. The van der Waals surface area contributed by atoms with Crippen LogP contribution >= 0.6 is 0 Å². The second-order valence-electron chi connectivity index (χ2n) is 5.02. The lowest BCUT2D eigenvalue weighted by Gasteiger charge is -2.24. The van der Waals surface area contributed by atoms with Crippen molar-refractivity contribution in [3.8, 4) is 0 Å². The summed E-state index contributed by atoms with van der Waals surface area (Å²) in [5.41, 5.74) is 1.24. The van der Waals surface area contributed by atoms with Gasteiger partial charge in [-0.05, 0) is 30.2 Å². The molecule has 3 nitrogen and oxygen atoms in total. The summed E-state index contributed by atoms with van der Waals surface area (Å²) in [5.74, 6) is 0.686. The van der Waals surface area contributed by atoms with E-state index in [0.717, 1.165) is 12.8 Å². The molecular weight excluding hydrogens is 228 g/mol. The van der Waals surface area contributed by atoms with Gasteiger partial charge in [0, 0.05) is 19.4 Å². The lowest BCUT2D eigenvalue weighted by atomic mass is 9.84. The van der Waals surface area contributed by atoms with E-state index in [0.29, 0.717) is 18.4 Å². The lowest BCUT2D eigenvalue weighted by Crippen LogP contribution is -2.20. The average molecular weight is 248 g/mol. The molecule has 1 aliphatic carbocycles.